The van der Waals surface area contributed by atoms with Crippen molar-refractivity contribution in [2.45, 2.75) is 32.7 Å². The number of aromatic nitrogens is 3. The third-order valence-electron chi connectivity index (χ3n) is 5.09. The molecule has 1 aliphatic carbocycles. The third kappa shape index (κ3) is 5.35. The summed E-state index contributed by atoms with van der Waals surface area (Å²) in [6, 6.07) is 7.26. The van der Waals surface area contributed by atoms with Crippen LogP contribution < -0.4 is 10.6 Å². The third-order valence-corrected chi connectivity index (χ3v) is 6.21. The number of ketones is 1. The molecule has 1 saturated carbocycles. The van der Waals surface area contributed by atoms with Gasteiger partial charge in [-0.05, 0) is 25.3 Å². The van der Waals surface area contributed by atoms with Crippen LogP contribution in [0, 0.1) is 12.8 Å². The molecule has 1 fully saturated rings. The van der Waals surface area contributed by atoms with Crippen molar-refractivity contribution >= 4 is 28.3 Å². The number of anilines is 1. The maximum absolute atomic E-state index is 12.3. The van der Waals surface area contributed by atoms with Crippen molar-refractivity contribution in [3.8, 4) is 10.4 Å². The zero-order valence-corrected chi connectivity index (χ0v) is 18.0. The SMILES string of the molecule is Cc1nc(NC(=O)NCCc2cn(CCF)cn2)sc1-c1ccc(C(=O)C2CC2)cc1. The van der Waals surface area contributed by atoms with Crippen LogP contribution in [0.2, 0.25) is 0 Å². The first-order valence-corrected chi connectivity index (χ1v) is 11.1. The first kappa shape index (κ1) is 21.2. The zero-order chi connectivity index (χ0) is 21.8. The molecule has 2 amide bonds. The Morgan fingerprint density at radius 1 is 1.26 bits per heavy atom. The highest BCUT2D eigenvalue weighted by molar-refractivity contribution is 7.19. The van der Waals surface area contributed by atoms with E-state index in [1.54, 1.807) is 17.1 Å². The normalized spacial score (nSPS) is 13.2. The van der Waals surface area contributed by atoms with Crippen molar-refractivity contribution in [2.75, 3.05) is 18.5 Å². The number of carbonyl (C=O) groups excluding carboxylic acids is 2. The summed E-state index contributed by atoms with van der Waals surface area (Å²) in [5, 5.41) is 6.06. The summed E-state index contributed by atoms with van der Waals surface area (Å²) in [5.41, 5.74) is 3.34. The number of hydrogen-bond donors (Lipinski definition) is 2. The highest BCUT2D eigenvalue weighted by Crippen LogP contribution is 2.35. The number of nitrogens with one attached hydrogen (secondary N) is 2. The van der Waals surface area contributed by atoms with Crippen molar-refractivity contribution in [3.63, 3.8) is 0 Å². The molecule has 2 heterocycles. The first-order valence-electron chi connectivity index (χ1n) is 10.3. The molecule has 0 bridgehead atoms. The molecule has 0 aliphatic heterocycles. The van der Waals surface area contributed by atoms with Gasteiger partial charge in [-0.25, -0.2) is 19.2 Å². The van der Waals surface area contributed by atoms with Gasteiger partial charge in [-0.1, -0.05) is 35.6 Å². The molecule has 7 nitrogen and oxygen atoms in total. The lowest BCUT2D eigenvalue weighted by atomic mass is 10.0. The average Bonchev–Trinajstić information content (AvgIpc) is 3.42. The number of Topliss-reactive ketones (excluding diaryl/α,β-unsaturated/α-hetero) is 1. The van der Waals surface area contributed by atoms with Gasteiger partial charge in [0, 0.05) is 30.6 Å². The van der Waals surface area contributed by atoms with E-state index in [0.29, 0.717) is 18.1 Å². The summed E-state index contributed by atoms with van der Waals surface area (Å²) in [4.78, 5) is 33.9. The van der Waals surface area contributed by atoms with E-state index in [9.17, 15) is 14.0 Å². The molecule has 0 unspecified atom stereocenters. The summed E-state index contributed by atoms with van der Waals surface area (Å²) < 4.78 is 14.0. The van der Waals surface area contributed by atoms with Gasteiger partial charge in [-0.3, -0.25) is 10.1 Å². The van der Waals surface area contributed by atoms with Crippen molar-refractivity contribution in [2.24, 2.45) is 5.92 Å². The van der Waals surface area contributed by atoms with E-state index in [0.717, 1.165) is 40.2 Å². The maximum Gasteiger partial charge on any atom is 0.321 e. The predicted molar refractivity (Wildman–Crippen MR) is 118 cm³/mol. The predicted octanol–water partition coefficient (Wildman–Crippen LogP) is 4.24. The van der Waals surface area contributed by atoms with Crippen molar-refractivity contribution in [1.29, 1.82) is 0 Å². The van der Waals surface area contributed by atoms with Crippen LogP contribution in [-0.4, -0.2) is 39.6 Å². The fourth-order valence-corrected chi connectivity index (χ4v) is 4.25. The molecule has 9 heteroatoms. The minimum absolute atomic E-state index is 0.205. The number of amides is 2. The van der Waals surface area contributed by atoms with Crippen LogP contribution in [0.3, 0.4) is 0 Å². The lowest BCUT2D eigenvalue weighted by Crippen LogP contribution is -2.30. The van der Waals surface area contributed by atoms with Gasteiger partial charge < -0.3 is 9.88 Å². The molecule has 0 atom stereocenters. The lowest BCUT2D eigenvalue weighted by molar-refractivity contribution is 0.0967. The van der Waals surface area contributed by atoms with Crippen LogP contribution in [0.15, 0.2) is 36.8 Å². The maximum atomic E-state index is 12.3. The average molecular weight is 442 g/mol. The lowest BCUT2D eigenvalue weighted by Gasteiger charge is -2.04. The quantitative estimate of drug-likeness (QED) is 0.486. The molecular weight excluding hydrogens is 417 g/mol. The Labute approximate surface area is 183 Å². The molecule has 0 radical (unpaired) electrons. The molecule has 4 rings (SSSR count). The zero-order valence-electron chi connectivity index (χ0n) is 17.2. The monoisotopic (exact) mass is 441 g/mol. The van der Waals surface area contributed by atoms with Crippen LogP contribution in [0.1, 0.15) is 34.6 Å². The van der Waals surface area contributed by atoms with E-state index in [4.69, 9.17) is 0 Å². The minimum Gasteiger partial charge on any atom is -0.337 e. The highest BCUT2D eigenvalue weighted by atomic mass is 32.1. The molecular formula is C22H24FN5O2S. The van der Waals surface area contributed by atoms with Crippen LogP contribution in [0.25, 0.3) is 10.4 Å². The number of imidazole rings is 1. The summed E-state index contributed by atoms with van der Waals surface area (Å²) in [5.74, 6) is 0.428. The molecule has 0 spiro atoms. The Kier molecular flexibility index (Phi) is 6.41. The summed E-state index contributed by atoms with van der Waals surface area (Å²) in [7, 11) is 0. The highest BCUT2D eigenvalue weighted by Gasteiger charge is 2.30. The second-order valence-corrected chi connectivity index (χ2v) is 8.57. The van der Waals surface area contributed by atoms with Crippen LogP contribution in [0.5, 0.6) is 0 Å². The van der Waals surface area contributed by atoms with E-state index in [1.807, 2.05) is 31.2 Å². The number of rotatable bonds is 9. The van der Waals surface area contributed by atoms with Gasteiger partial charge in [0.05, 0.1) is 29.1 Å². The Morgan fingerprint density at radius 2 is 2.03 bits per heavy atom. The molecule has 31 heavy (non-hydrogen) atoms. The fourth-order valence-electron chi connectivity index (χ4n) is 3.29. The van der Waals surface area contributed by atoms with Gasteiger partial charge in [0.2, 0.25) is 0 Å². The molecule has 3 aromatic rings. The number of thiazole rings is 1. The number of alkyl halides is 1. The van der Waals surface area contributed by atoms with Gasteiger partial charge in [0.15, 0.2) is 10.9 Å². The van der Waals surface area contributed by atoms with Crippen molar-refractivity contribution < 1.29 is 14.0 Å². The molecule has 1 aromatic carbocycles. The molecule has 162 valence electrons. The van der Waals surface area contributed by atoms with Gasteiger partial charge in [0.25, 0.3) is 0 Å². The standard InChI is InChI=1S/C22H24FN5O2S/c1-14-20(17-6-4-16(5-7-17)19(29)15-2-3-15)31-22(26-14)27-21(30)24-10-8-18-12-28(11-9-23)13-25-18/h4-7,12-13,15H,2-3,8-11H2,1H3,(H2,24,26,27,30). The van der Waals surface area contributed by atoms with Crippen LogP contribution in [0.4, 0.5) is 14.3 Å². The number of benzene rings is 1. The van der Waals surface area contributed by atoms with Gasteiger partial charge in [0.1, 0.15) is 6.67 Å². The Balaban J connectivity index is 1.30. The van der Waals surface area contributed by atoms with Crippen molar-refractivity contribution in [3.05, 3.63) is 53.7 Å². The minimum atomic E-state index is -0.436. The van der Waals surface area contributed by atoms with Gasteiger partial charge in [-0.2, -0.15) is 0 Å². The second-order valence-electron chi connectivity index (χ2n) is 7.57. The summed E-state index contributed by atoms with van der Waals surface area (Å²) in [6.45, 7) is 2.15. The number of hydrogen-bond acceptors (Lipinski definition) is 5. The first-order chi connectivity index (χ1) is 15.0. The van der Waals surface area contributed by atoms with E-state index >= 15 is 0 Å². The smallest absolute Gasteiger partial charge is 0.321 e. The summed E-state index contributed by atoms with van der Waals surface area (Å²) >= 11 is 1.39. The number of urea groups is 1. The molecule has 1 aliphatic rings. The number of carbonyl (C=O) groups is 2. The fraction of sp³-hybridized carbons (Fsp3) is 0.364. The van der Waals surface area contributed by atoms with Crippen molar-refractivity contribution in [1.82, 2.24) is 19.9 Å². The number of nitrogens with zero attached hydrogens (tertiary/aromatic N) is 3. The number of aryl methyl sites for hydroxylation is 2. The Morgan fingerprint density at radius 3 is 2.74 bits per heavy atom. The largest absolute Gasteiger partial charge is 0.337 e. The van der Waals surface area contributed by atoms with Crippen LogP contribution >= 0.6 is 11.3 Å². The van der Waals surface area contributed by atoms with E-state index in [1.165, 1.54) is 11.3 Å². The second kappa shape index (κ2) is 9.38. The van der Waals surface area contributed by atoms with E-state index < -0.39 is 6.67 Å². The van der Waals surface area contributed by atoms with Gasteiger partial charge >= 0.3 is 6.03 Å². The number of halogens is 1. The molecule has 0 saturated heterocycles. The Hall–Kier alpha value is -3.07. The van der Waals surface area contributed by atoms with Gasteiger partial charge in [-0.15, -0.1) is 0 Å². The van der Waals surface area contributed by atoms with E-state index in [-0.39, 0.29) is 24.3 Å². The summed E-state index contributed by atoms with van der Waals surface area (Å²) in [6.07, 6.45) is 5.91. The van der Waals surface area contributed by atoms with E-state index in [2.05, 4.69) is 20.6 Å². The van der Waals surface area contributed by atoms with Crippen LogP contribution in [-0.2, 0) is 13.0 Å². The molecule has 2 N–H and O–H groups in total. The molecule has 2 aromatic heterocycles. The Bertz CT molecular complexity index is 1070. The topological polar surface area (TPSA) is 88.9 Å².